The summed E-state index contributed by atoms with van der Waals surface area (Å²) in [6.45, 7) is 1.54. The minimum atomic E-state index is -1.77. The molecule has 0 amide bonds. The fraction of sp³-hybridized carbons (Fsp3) is 0.833. The summed E-state index contributed by atoms with van der Waals surface area (Å²) in [7, 11) is 0. The van der Waals surface area contributed by atoms with E-state index in [0.717, 1.165) is 0 Å². The van der Waals surface area contributed by atoms with Crippen molar-refractivity contribution in [3.63, 3.8) is 0 Å². The Bertz CT molecular complexity index is 181. The van der Waals surface area contributed by atoms with E-state index in [-0.39, 0.29) is 12.8 Å². The third-order valence-electron chi connectivity index (χ3n) is 1.91. The summed E-state index contributed by atoms with van der Waals surface area (Å²) in [5.41, 5.74) is -0.833. The van der Waals surface area contributed by atoms with Gasteiger partial charge in [0.15, 0.2) is 5.13 Å². The van der Waals surface area contributed by atoms with Crippen LogP contribution in [-0.2, 0) is 4.79 Å². The van der Waals surface area contributed by atoms with Crippen LogP contribution >= 0.6 is 11.6 Å². The largest absolute Gasteiger partial charge is 0.481 e. The molecule has 58 valence electrons. The molecule has 0 spiro atoms. The summed E-state index contributed by atoms with van der Waals surface area (Å²) in [6.07, 6.45) is -0.0408. The predicted molar refractivity (Wildman–Crippen MR) is 34.7 cm³/mol. The lowest BCUT2D eigenvalue weighted by Crippen LogP contribution is -2.11. The fourth-order valence-electron chi connectivity index (χ4n) is 0.971. The Morgan fingerprint density at radius 2 is 2.30 bits per heavy atom. The summed E-state index contributed by atoms with van der Waals surface area (Å²) in [5, 5.41) is 6.52. The second-order valence-corrected chi connectivity index (χ2v) is 3.61. The van der Waals surface area contributed by atoms with Gasteiger partial charge in [0.2, 0.25) is 0 Å². The van der Waals surface area contributed by atoms with E-state index in [1.54, 1.807) is 0 Å². The van der Waals surface area contributed by atoms with Crippen LogP contribution in [0.4, 0.5) is 4.39 Å². The van der Waals surface area contributed by atoms with Gasteiger partial charge in [-0.25, -0.2) is 4.39 Å². The van der Waals surface area contributed by atoms with Gasteiger partial charge >= 0.3 is 5.97 Å². The summed E-state index contributed by atoms with van der Waals surface area (Å²) < 4.78 is 12.7. The van der Waals surface area contributed by atoms with Crippen LogP contribution in [0, 0.1) is 5.41 Å². The normalized spacial score (nSPS) is 45.1. The highest BCUT2D eigenvalue weighted by Gasteiger charge is 2.65. The molecule has 1 N–H and O–H groups in total. The zero-order chi connectivity index (χ0) is 7.99. The van der Waals surface area contributed by atoms with Gasteiger partial charge in [-0.3, -0.25) is 4.79 Å². The molecular formula is C6H8ClFO2. The first-order valence-corrected chi connectivity index (χ1v) is 3.35. The zero-order valence-corrected chi connectivity index (χ0v) is 6.28. The SMILES string of the molecule is C[C@]1(CC(=O)O)C[C@@]1(F)Cl. The van der Waals surface area contributed by atoms with E-state index < -0.39 is 16.5 Å². The molecule has 2 atom stereocenters. The molecule has 1 fully saturated rings. The standard InChI is InChI=1S/C6H8ClFO2/c1-5(2-4(9)10)3-6(5,7)8/h2-3H2,1H3,(H,9,10)/t5-,6-/m0/s1. The molecule has 1 saturated carbocycles. The molecule has 0 aromatic heterocycles. The highest BCUT2D eigenvalue weighted by molar-refractivity contribution is 6.25. The maximum Gasteiger partial charge on any atom is 0.304 e. The number of carboxylic acids is 1. The van der Waals surface area contributed by atoms with Crippen LogP contribution in [0.1, 0.15) is 19.8 Å². The first-order chi connectivity index (χ1) is 4.37. The minimum absolute atomic E-state index is 0.147. The van der Waals surface area contributed by atoms with Crippen molar-refractivity contribution in [3.05, 3.63) is 0 Å². The number of carboxylic acid groups (broad SMARTS) is 1. The molecule has 0 aliphatic heterocycles. The van der Waals surface area contributed by atoms with Crippen molar-refractivity contribution in [2.24, 2.45) is 5.41 Å². The van der Waals surface area contributed by atoms with E-state index >= 15 is 0 Å². The van der Waals surface area contributed by atoms with Crippen LogP contribution in [-0.4, -0.2) is 16.2 Å². The first-order valence-electron chi connectivity index (χ1n) is 2.97. The van der Waals surface area contributed by atoms with Gasteiger partial charge in [-0.15, -0.1) is 0 Å². The highest BCUT2D eigenvalue weighted by atomic mass is 35.5. The van der Waals surface area contributed by atoms with Crippen LogP contribution in [0.5, 0.6) is 0 Å². The Labute approximate surface area is 63.0 Å². The van der Waals surface area contributed by atoms with Gasteiger partial charge in [-0.05, 0) is 0 Å². The average molecular weight is 167 g/mol. The van der Waals surface area contributed by atoms with E-state index in [2.05, 4.69) is 0 Å². The van der Waals surface area contributed by atoms with E-state index in [4.69, 9.17) is 16.7 Å². The Hall–Kier alpha value is -0.310. The van der Waals surface area contributed by atoms with E-state index in [1.165, 1.54) is 6.92 Å². The quantitative estimate of drug-likeness (QED) is 0.635. The molecule has 2 nitrogen and oxygen atoms in total. The molecule has 0 radical (unpaired) electrons. The Kier molecular flexibility index (Phi) is 1.44. The number of rotatable bonds is 2. The molecule has 1 aliphatic rings. The Morgan fingerprint density at radius 1 is 1.90 bits per heavy atom. The third kappa shape index (κ3) is 1.10. The van der Waals surface area contributed by atoms with Gasteiger partial charge in [-0.1, -0.05) is 18.5 Å². The van der Waals surface area contributed by atoms with Gasteiger partial charge in [0, 0.05) is 11.8 Å². The number of carbonyl (C=O) groups is 1. The van der Waals surface area contributed by atoms with E-state index in [9.17, 15) is 9.18 Å². The van der Waals surface area contributed by atoms with Crippen LogP contribution in [0.3, 0.4) is 0 Å². The molecule has 10 heavy (non-hydrogen) atoms. The van der Waals surface area contributed by atoms with Crippen molar-refractivity contribution in [3.8, 4) is 0 Å². The molecule has 0 aromatic carbocycles. The van der Waals surface area contributed by atoms with Crippen molar-refractivity contribution in [1.29, 1.82) is 0 Å². The lowest BCUT2D eigenvalue weighted by Gasteiger charge is -2.05. The second-order valence-electron chi connectivity index (χ2n) is 3.01. The summed E-state index contributed by atoms with van der Waals surface area (Å²) >= 11 is 5.26. The monoisotopic (exact) mass is 166 g/mol. The smallest absolute Gasteiger partial charge is 0.304 e. The zero-order valence-electron chi connectivity index (χ0n) is 5.53. The van der Waals surface area contributed by atoms with Crippen LogP contribution in [0.2, 0.25) is 0 Å². The molecule has 1 aliphatic carbocycles. The maximum atomic E-state index is 12.7. The summed E-state index contributed by atoms with van der Waals surface area (Å²) in [6, 6.07) is 0. The first kappa shape index (κ1) is 7.79. The number of aliphatic carboxylic acids is 1. The van der Waals surface area contributed by atoms with Crippen LogP contribution < -0.4 is 0 Å². The highest BCUT2D eigenvalue weighted by Crippen LogP contribution is 2.63. The number of hydrogen-bond acceptors (Lipinski definition) is 1. The predicted octanol–water partition coefficient (Wildman–Crippen LogP) is 1.78. The van der Waals surface area contributed by atoms with Gasteiger partial charge in [0.25, 0.3) is 0 Å². The number of halogens is 2. The molecule has 0 saturated heterocycles. The lowest BCUT2D eigenvalue weighted by molar-refractivity contribution is -0.138. The molecule has 0 heterocycles. The molecule has 1 rings (SSSR count). The van der Waals surface area contributed by atoms with Crippen LogP contribution in [0.15, 0.2) is 0 Å². The van der Waals surface area contributed by atoms with Gasteiger partial charge < -0.3 is 5.11 Å². The lowest BCUT2D eigenvalue weighted by atomic mass is 10.1. The van der Waals surface area contributed by atoms with Crippen molar-refractivity contribution < 1.29 is 14.3 Å². The minimum Gasteiger partial charge on any atom is -0.481 e. The van der Waals surface area contributed by atoms with Crippen molar-refractivity contribution in [2.75, 3.05) is 0 Å². The molecule has 4 heteroatoms. The van der Waals surface area contributed by atoms with Crippen molar-refractivity contribution in [1.82, 2.24) is 0 Å². The van der Waals surface area contributed by atoms with Crippen molar-refractivity contribution >= 4 is 17.6 Å². The topological polar surface area (TPSA) is 37.3 Å². The van der Waals surface area contributed by atoms with Gasteiger partial charge in [-0.2, -0.15) is 0 Å². The molecule has 0 aromatic rings. The van der Waals surface area contributed by atoms with E-state index in [0.29, 0.717) is 0 Å². The number of alkyl halides is 2. The van der Waals surface area contributed by atoms with E-state index in [1.807, 2.05) is 0 Å². The molecular weight excluding hydrogens is 159 g/mol. The van der Waals surface area contributed by atoms with Crippen LogP contribution in [0.25, 0.3) is 0 Å². The molecule has 0 unspecified atom stereocenters. The fourth-order valence-corrected chi connectivity index (χ4v) is 1.33. The average Bonchev–Trinajstić information content (AvgIpc) is 2.01. The summed E-state index contributed by atoms with van der Waals surface area (Å²) in [5.74, 6) is -0.998. The van der Waals surface area contributed by atoms with Gasteiger partial charge in [0.05, 0.1) is 6.42 Å². The second kappa shape index (κ2) is 1.84. The Balaban J connectivity index is 2.52. The molecule has 0 bridgehead atoms. The Morgan fingerprint density at radius 3 is 2.40 bits per heavy atom. The van der Waals surface area contributed by atoms with Gasteiger partial charge in [0.1, 0.15) is 0 Å². The maximum absolute atomic E-state index is 12.7. The summed E-state index contributed by atoms with van der Waals surface area (Å²) in [4.78, 5) is 10.1. The third-order valence-corrected chi connectivity index (χ3v) is 2.50. The van der Waals surface area contributed by atoms with Crippen molar-refractivity contribution in [2.45, 2.75) is 24.9 Å². The number of hydrogen-bond donors (Lipinski definition) is 1.